The van der Waals surface area contributed by atoms with Crippen LogP contribution in [0.2, 0.25) is 0 Å². The molecule has 0 bridgehead atoms. The molecule has 1 aromatic heterocycles. The summed E-state index contributed by atoms with van der Waals surface area (Å²) in [5, 5.41) is 10.3. The molecule has 2 nitrogen and oxygen atoms in total. The molecule has 13 heavy (non-hydrogen) atoms. The van der Waals surface area contributed by atoms with E-state index in [4.69, 9.17) is 4.42 Å². The second-order valence-corrected chi connectivity index (χ2v) is 4.83. The zero-order valence-corrected chi connectivity index (χ0v) is 9.17. The van der Waals surface area contributed by atoms with Crippen LogP contribution in [0.3, 0.4) is 0 Å². The molecule has 1 aliphatic carbocycles. The monoisotopic (exact) mass is 244 g/mol. The van der Waals surface area contributed by atoms with Crippen molar-refractivity contribution in [2.24, 2.45) is 5.92 Å². The average Bonchev–Trinajstić information content (AvgIpc) is 2.59. The molecule has 2 atom stereocenters. The first kappa shape index (κ1) is 9.28. The topological polar surface area (TPSA) is 33.4 Å². The zero-order chi connectivity index (χ0) is 9.47. The normalized spacial score (nSPS) is 33.9. The van der Waals surface area contributed by atoms with Crippen molar-refractivity contribution in [2.75, 3.05) is 0 Å². The fraction of sp³-hybridized carbons (Fsp3) is 0.600. The van der Waals surface area contributed by atoms with Crippen LogP contribution in [0.5, 0.6) is 0 Å². The minimum atomic E-state index is -0.734. The van der Waals surface area contributed by atoms with Crippen LogP contribution in [0.15, 0.2) is 21.2 Å². The van der Waals surface area contributed by atoms with E-state index in [0.717, 1.165) is 23.7 Å². The standard InChI is InChI=1S/C10H13BrO2/c1-7-2-4-10(12,6-7)9-8(11)3-5-13-9/h3,5,7,12H,2,4,6H2,1H3. The first-order valence-electron chi connectivity index (χ1n) is 4.58. The predicted octanol–water partition coefficient (Wildman–Crippen LogP) is 3.05. The van der Waals surface area contributed by atoms with E-state index in [1.54, 1.807) is 6.26 Å². The summed E-state index contributed by atoms with van der Waals surface area (Å²) in [6, 6.07) is 1.83. The van der Waals surface area contributed by atoms with Crippen LogP contribution in [-0.2, 0) is 5.60 Å². The molecule has 0 radical (unpaired) electrons. The van der Waals surface area contributed by atoms with Gasteiger partial charge in [0.25, 0.3) is 0 Å². The van der Waals surface area contributed by atoms with Gasteiger partial charge in [0.15, 0.2) is 0 Å². The molecule has 3 heteroatoms. The lowest BCUT2D eigenvalue weighted by Gasteiger charge is -2.20. The van der Waals surface area contributed by atoms with E-state index in [1.807, 2.05) is 6.07 Å². The van der Waals surface area contributed by atoms with E-state index in [2.05, 4.69) is 22.9 Å². The molecular weight excluding hydrogens is 232 g/mol. The molecule has 0 spiro atoms. The first-order chi connectivity index (χ1) is 6.12. The van der Waals surface area contributed by atoms with Gasteiger partial charge in [0.2, 0.25) is 0 Å². The Hall–Kier alpha value is -0.280. The molecule has 1 heterocycles. The molecule has 1 aliphatic rings. The van der Waals surface area contributed by atoms with Crippen LogP contribution in [0.25, 0.3) is 0 Å². The van der Waals surface area contributed by atoms with Gasteiger partial charge in [0, 0.05) is 0 Å². The summed E-state index contributed by atoms with van der Waals surface area (Å²) in [5.41, 5.74) is -0.734. The summed E-state index contributed by atoms with van der Waals surface area (Å²) in [7, 11) is 0. The molecule has 2 unspecified atom stereocenters. The van der Waals surface area contributed by atoms with E-state index >= 15 is 0 Å². The summed E-state index contributed by atoms with van der Waals surface area (Å²) in [4.78, 5) is 0. The molecule has 2 rings (SSSR count). The van der Waals surface area contributed by atoms with Gasteiger partial charge in [-0.2, -0.15) is 0 Å². The minimum absolute atomic E-state index is 0.585. The predicted molar refractivity (Wildman–Crippen MR) is 53.3 cm³/mol. The third kappa shape index (κ3) is 1.55. The highest BCUT2D eigenvalue weighted by Crippen LogP contribution is 2.44. The highest BCUT2D eigenvalue weighted by molar-refractivity contribution is 9.10. The van der Waals surface area contributed by atoms with E-state index in [9.17, 15) is 5.11 Å². The smallest absolute Gasteiger partial charge is 0.149 e. The molecule has 1 aromatic rings. The lowest BCUT2D eigenvalue weighted by Crippen LogP contribution is -2.21. The highest BCUT2D eigenvalue weighted by Gasteiger charge is 2.40. The Bertz CT molecular complexity index is 308. The molecular formula is C10H13BrO2. The zero-order valence-electron chi connectivity index (χ0n) is 7.59. The van der Waals surface area contributed by atoms with Crippen molar-refractivity contribution < 1.29 is 9.52 Å². The van der Waals surface area contributed by atoms with Gasteiger partial charge in [0.05, 0.1) is 10.7 Å². The van der Waals surface area contributed by atoms with E-state index in [0.29, 0.717) is 11.7 Å². The van der Waals surface area contributed by atoms with E-state index in [1.165, 1.54) is 0 Å². The van der Waals surface area contributed by atoms with Gasteiger partial charge in [0.1, 0.15) is 11.4 Å². The van der Waals surface area contributed by atoms with Crippen LogP contribution in [-0.4, -0.2) is 5.11 Å². The summed E-state index contributed by atoms with van der Waals surface area (Å²) in [5.74, 6) is 1.28. The van der Waals surface area contributed by atoms with Gasteiger partial charge >= 0.3 is 0 Å². The number of furan rings is 1. The molecule has 0 amide bonds. The van der Waals surface area contributed by atoms with Crippen molar-refractivity contribution in [1.82, 2.24) is 0 Å². The highest BCUT2D eigenvalue weighted by atomic mass is 79.9. The Morgan fingerprint density at radius 3 is 2.92 bits per heavy atom. The van der Waals surface area contributed by atoms with Gasteiger partial charge in [-0.1, -0.05) is 6.92 Å². The third-order valence-electron chi connectivity index (χ3n) is 2.78. The summed E-state index contributed by atoms with van der Waals surface area (Å²) in [6.45, 7) is 2.16. The second-order valence-electron chi connectivity index (χ2n) is 3.98. The van der Waals surface area contributed by atoms with E-state index in [-0.39, 0.29) is 0 Å². The summed E-state index contributed by atoms with van der Waals surface area (Å²) < 4.78 is 6.18. The van der Waals surface area contributed by atoms with Gasteiger partial charge in [-0.15, -0.1) is 0 Å². The van der Waals surface area contributed by atoms with Crippen molar-refractivity contribution in [2.45, 2.75) is 31.8 Å². The molecule has 1 N–H and O–H groups in total. The van der Waals surface area contributed by atoms with E-state index < -0.39 is 5.60 Å². The molecule has 1 saturated carbocycles. The number of hydrogen-bond acceptors (Lipinski definition) is 2. The lowest BCUT2D eigenvalue weighted by atomic mass is 9.98. The van der Waals surface area contributed by atoms with Crippen LogP contribution >= 0.6 is 15.9 Å². The Morgan fingerprint density at radius 2 is 2.46 bits per heavy atom. The molecule has 72 valence electrons. The number of rotatable bonds is 1. The summed E-state index contributed by atoms with van der Waals surface area (Å²) in [6.07, 6.45) is 4.30. The molecule has 1 fully saturated rings. The molecule has 0 saturated heterocycles. The van der Waals surface area contributed by atoms with Crippen LogP contribution < -0.4 is 0 Å². The summed E-state index contributed by atoms with van der Waals surface area (Å²) >= 11 is 3.38. The second kappa shape index (κ2) is 3.14. The van der Waals surface area contributed by atoms with Crippen molar-refractivity contribution in [1.29, 1.82) is 0 Å². The number of hydrogen-bond donors (Lipinski definition) is 1. The minimum Gasteiger partial charge on any atom is -0.465 e. The van der Waals surface area contributed by atoms with Crippen LogP contribution in [0, 0.1) is 5.92 Å². The average molecular weight is 245 g/mol. The van der Waals surface area contributed by atoms with Crippen molar-refractivity contribution in [3.63, 3.8) is 0 Å². The van der Waals surface area contributed by atoms with Gasteiger partial charge in [-0.3, -0.25) is 0 Å². The maximum atomic E-state index is 10.3. The number of halogens is 1. The van der Waals surface area contributed by atoms with Crippen molar-refractivity contribution in [3.05, 3.63) is 22.6 Å². The maximum Gasteiger partial charge on any atom is 0.149 e. The molecule has 0 aromatic carbocycles. The van der Waals surface area contributed by atoms with Crippen molar-refractivity contribution in [3.8, 4) is 0 Å². The molecule has 0 aliphatic heterocycles. The fourth-order valence-corrected chi connectivity index (χ4v) is 2.67. The fourth-order valence-electron chi connectivity index (χ4n) is 2.10. The van der Waals surface area contributed by atoms with Crippen molar-refractivity contribution >= 4 is 15.9 Å². The SMILES string of the molecule is CC1CCC(O)(c2occc2Br)C1. The number of aliphatic hydroxyl groups is 1. The largest absolute Gasteiger partial charge is 0.465 e. The quantitative estimate of drug-likeness (QED) is 0.824. The lowest BCUT2D eigenvalue weighted by molar-refractivity contribution is 0.0177. The third-order valence-corrected chi connectivity index (χ3v) is 3.40. The Balaban J connectivity index is 2.30. The Morgan fingerprint density at radius 1 is 1.69 bits per heavy atom. The Kier molecular flexibility index (Phi) is 2.24. The van der Waals surface area contributed by atoms with Crippen LogP contribution in [0.4, 0.5) is 0 Å². The van der Waals surface area contributed by atoms with Gasteiger partial charge in [-0.25, -0.2) is 0 Å². The maximum absolute atomic E-state index is 10.3. The first-order valence-corrected chi connectivity index (χ1v) is 5.37. The van der Waals surface area contributed by atoms with Gasteiger partial charge < -0.3 is 9.52 Å². The van der Waals surface area contributed by atoms with Gasteiger partial charge in [-0.05, 0) is 47.2 Å². The van der Waals surface area contributed by atoms with Crippen LogP contribution in [0.1, 0.15) is 31.9 Å². The Labute approximate surface area is 86.1 Å².